The maximum atomic E-state index is 12.3. The van der Waals surface area contributed by atoms with Gasteiger partial charge in [0.15, 0.2) is 6.61 Å². The maximum Gasteiger partial charge on any atom is 0.316 e. The van der Waals surface area contributed by atoms with Crippen LogP contribution in [0.3, 0.4) is 0 Å². The maximum absolute atomic E-state index is 12.3. The van der Waals surface area contributed by atoms with Gasteiger partial charge in [-0.1, -0.05) is 49.4 Å². The Morgan fingerprint density at radius 3 is 2.42 bits per heavy atom. The number of anilines is 1. The zero-order chi connectivity index (χ0) is 17.6. The van der Waals surface area contributed by atoms with Gasteiger partial charge in [-0.15, -0.1) is 0 Å². The highest BCUT2D eigenvalue weighted by Crippen LogP contribution is 2.24. The average Bonchev–Trinajstić information content (AvgIpc) is 2.60. The minimum Gasteiger partial charge on any atom is -0.455 e. The summed E-state index contributed by atoms with van der Waals surface area (Å²) in [5.74, 6) is -0.772. The van der Waals surface area contributed by atoms with E-state index in [1.54, 1.807) is 13.8 Å². The number of esters is 1. The molecule has 0 saturated carbocycles. The third kappa shape index (κ3) is 4.44. The van der Waals surface area contributed by atoms with E-state index in [4.69, 9.17) is 4.74 Å². The van der Waals surface area contributed by atoms with E-state index >= 15 is 0 Å². The van der Waals surface area contributed by atoms with E-state index in [-0.39, 0.29) is 12.5 Å². The third-order valence-electron chi connectivity index (χ3n) is 3.96. The lowest BCUT2D eigenvalue weighted by Crippen LogP contribution is -2.33. The molecule has 1 N–H and O–H groups in total. The Hall–Kier alpha value is -2.62. The van der Waals surface area contributed by atoms with Crippen LogP contribution in [-0.4, -0.2) is 18.5 Å². The average molecular weight is 325 g/mol. The first kappa shape index (κ1) is 17.7. The number of nitrogens with one attached hydrogen (secondary N) is 1. The van der Waals surface area contributed by atoms with Gasteiger partial charge in [-0.2, -0.15) is 0 Å². The molecule has 0 bridgehead atoms. The standard InChI is InChI=1S/C20H23NO3/c1-4-15-9-8-12-17(13-15)21-18(22)14-24-19(23)20(2,3)16-10-6-5-7-11-16/h5-13H,4,14H2,1-3H3,(H,21,22). The normalized spacial score (nSPS) is 11.0. The Balaban J connectivity index is 1.92. The fourth-order valence-corrected chi connectivity index (χ4v) is 2.35. The first-order chi connectivity index (χ1) is 11.4. The topological polar surface area (TPSA) is 55.4 Å². The number of benzene rings is 2. The third-order valence-corrected chi connectivity index (χ3v) is 3.96. The van der Waals surface area contributed by atoms with Crippen molar-refractivity contribution in [1.29, 1.82) is 0 Å². The predicted molar refractivity (Wildman–Crippen MR) is 94.9 cm³/mol. The van der Waals surface area contributed by atoms with Gasteiger partial charge in [0.2, 0.25) is 0 Å². The van der Waals surface area contributed by atoms with Gasteiger partial charge in [0.25, 0.3) is 5.91 Å². The van der Waals surface area contributed by atoms with E-state index < -0.39 is 11.4 Å². The molecule has 0 radical (unpaired) electrons. The summed E-state index contributed by atoms with van der Waals surface area (Å²) < 4.78 is 5.20. The van der Waals surface area contributed by atoms with Crippen LogP contribution >= 0.6 is 0 Å². The van der Waals surface area contributed by atoms with Crippen molar-refractivity contribution >= 4 is 17.6 Å². The van der Waals surface area contributed by atoms with Crippen LogP contribution in [0.25, 0.3) is 0 Å². The number of aryl methyl sites for hydroxylation is 1. The molecule has 0 fully saturated rings. The van der Waals surface area contributed by atoms with E-state index in [1.165, 1.54) is 0 Å². The molecule has 4 heteroatoms. The number of amides is 1. The van der Waals surface area contributed by atoms with Crippen LogP contribution in [0.2, 0.25) is 0 Å². The van der Waals surface area contributed by atoms with Gasteiger partial charge in [-0.25, -0.2) is 0 Å². The Morgan fingerprint density at radius 2 is 1.75 bits per heavy atom. The van der Waals surface area contributed by atoms with E-state index in [0.29, 0.717) is 5.69 Å². The van der Waals surface area contributed by atoms with E-state index in [0.717, 1.165) is 17.5 Å². The first-order valence-electron chi connectivity index (χ1n) is 8.05. The molecule has 0 aliphatic heterocycles. The summed E-state index contributed by atoms with van der Waals surface area (Å²) in [6, 6.07) is 17.0. The minimum absolute atomic E-state index is 0.300. The van der Waals surface area contributed by atoms with Crippen LogP contribution < -0.4 is 5.32 Å². The van der Waals surface area contributed by atoms with Crippen molar-refractivity contribution in [2.75, 3.05) is 11.9 Å². The summed E-state index contributed by atoms with van der Waals surface area (Å²) in [4.78, 5) is 24.3. The van der Waals surface area contributed by atoms with Crippen LogP contribution in [0.4, 0.5) is 5.69 Å². The van der Waals surface area contributed by atoms with E-state index in [1.807, 2.05) is 61.5 Å². The second-order valence-electron chi connectivity index (χ2n) is 6.17. The lowest BCUT2D eigenvalue weighted by Gasteiger charge is -2.22. The Morgan fingerprint density at radius 1 is 1.04 bits per heavy atom. The van der Waals surface area contributed by atoms with E-state index in [9.17, 15) is 9.59 Å². The SMILES string of the molecule is CCc1cccc(NC(=O)COC(=O)C(C)(C)c2ccccc2)c1. The Bertz CT molecular complexity index is 708. The molecule has 2 aromatic carbocycles. The van der Waals surface area contributed by atoms with Gasteiger partial charge in [-0.05, 0) is 43.5 Å². The van der Waals surface area contributed by atoms with Gasteiger partial charge in [-0.3, -0.25) is 9.59 Å². The van der Waals surface area contributed by atoms with Gasteiger partial charge in [0, 0.05) is 5.69 Å². The number of carbonyl (C=O) groups is 2. The first-order valence-corrected chi connectivity index (χ1v) is 8.05. The second-order valence-corrected chi connectivity index (χ2v) is 6.17. The quantitative estimate of drug-likeness (QED) is 0.824. The van der Waals surface area contributed by atoms with Crippen molar-refractivity contribution in [1.82, 2.24) is 0 Å². The smallest absolute Gasteiger partial charge is 0.316 e. The lowest BCUT2D eigenvalue weighted by atomic mass is 9.85. The summed E-state index contributed by atoms with van der Waals surface area (Å²) in [6.45, 7) is 5.32. The highest BCUT2D eigenvalue weighted by molar-refractivity contribution is 5.93. The molecule has 2 aromatic rings. The largest absolute Gasteiger partial charge is 0.455 e. The van der Waals surface area contributed by atoms with Crippen molar-refractivity contribution in [2.45, 2.75) is 32.6 Å². The molecule has 1 amide bonds. The predicted octanol–water partition coefficient (Wildman–Crippen LogP) is 3.71. The van der Waals surface area contributed by atoms with Crippen molar-refractivity contribution < 1.29 is 14.3 Å². The van der Waals surface area contributed by atoms with Crippen molar-refractivity contribution in [3.8, 4) is 0 Å². The summed E-state index contributed by atoms with van der Waals surface area (Å²) in [5.41, 5.74) is 1.89. The van der Waals surface area contributed by atoms with Crippen LogP contribution in [0, 0.1) is 0 Å². The fraction of sp³-hybridized carbons (Fsp3) is 0.300. The number of rotatable bonds is 6. The van der Waals surface area contributed by atoms with Gasteiger partial charge >= 0.3 is 5.97 Å². The molecule has 0 saturated heterocycles. The number of hydrogen-bond acceptors (Lipinski definition) is 3. The molecular weight excluding hydrogens is 302 g/mol. The Kier molecular flexibility index (Phi) is 5.74. The molecule has 2 rings (SSSR count). The molecule has 126 valence electrons. The van der Waals surface area contributed by atoms with Gasteiger partial charge in [0.1, 0.15) is 0 Å². The number of ether oxygens (including phenoxy) is 1. The molecule has 0 unspecified atom stereocenters. The number of carbonyl (C=O) groups excluding carboxylic acids is 2. The summed E-state index contributed by atoms with van der Waals surface area (Å²) in [5, 5.41) is 2.75. The fourth-order valence-electron chi connectivity index (χ4n) is 2.35. The summed E-state index contributed by atoms with van der Waals surface area (Å²) >= 11 is 0. The molecule has 0 heterocycles. The van der Waals surface area contributed by atoms with Gasteiger partial charge in [0.05, 0.1) is 5.41 Å². The van der Waals surface area contributed by atoms with E-state index in [2.05, 4.69) is 5.32 Å². The van der Waals surface area contributed by atoms with Crippen LogP contribution in [0.1, 0.15) is 31.9 Å². The molecule has 0 aliphatic carbocycles. The van der Waals surface area contributed by atoms with Crippen molar-refractivity contribution in [3.63, 3.8) is 0 Å². The summed E-state index contributed by atoms with van der Waals surface area (Å²) in [6.07, 6.45) is 0.893. The highest BCUT2D eigenvalue weighted by Gasteiger charge is 2.31. The molecule has 0 aromatic heterocycles. The zero-order valence-corrected chi connectivity index (χ0v) is 14.3. The lowest BCUT2D eigenvalue weighted by molar-refractivity contribution is -0.152. The zero-order valence-electron chi connectivity index (χ0n) is 14.3. The molecular formula is C20H23NO3. The van der Waals surface area contributed by atoms with Crippen LogP contribution in [0.15, 0.2) is 54.6 Å². The number of hydrogen-bond donors (Lipinski definition) is 1. The molecule has 4 nitrogen and oxygen atoms in total. The van der Waals surface area contributed by atoms with Gasteiger partial charge < -0.3 is 10.1 Å². The molecule has 0 spiro atoms. The molecule has 0 aliphatic rings. The van der Waals surface area contributed by atoms with Crippen LogP contribution in [-0.2, 0) is 26.2 Å². The van der Waals surface area contributed by atoms with Crippen molar-refractivity contribution in [2.24, 2.45) is 0 Å². The monoisotopic (exact) mass is 325 g/mol. The van der Waals surface area contributed by atoms with Crippen LogP contribution in [0.5, 0.6) is 0 Å². The molecule has 0 atom stereocenters. The van der Waals surface area contributed by atoms with Crippen molar-refractivity contribution in [3.05, 3.63) is 65.7 Å². The molecule has 24 heavy (non-hydrogen) atoms. The second kappa shape index (κ2) is 7.77. The minimum atomic E-state index is -0.802. The highest BCUT2D eigenvalue weighted by atomic mass is 16.5. The summed E-state index contributed by atoms with van der Waals surface area (Å²) in [7, 11) is 0. The Labute approximate surface area is 142 Å².